The summed E-state index contributed by atoms with van der Waals surface area (Å²) in [7, 11) is -0.424. The molecule has 3 nitrogen and oxygen atoms in total. The topological polar surface area (TPSA) is 21.7 Å². The number of rotatable bonds is 3. The maximum Gasteiger partial charge on any atom is 0.494 e. The number of hydrogen-bond donors (Lipinski definition) is 0. The Morgan fingerprint density at radius 2 is 1.02 bits per heavy atom. The molecular weight excluding hydrogens is 489 g/mol. The number of fused-ring (bicyclic) bond motifs is 5. The van der Waals surface area contributed by atoms with Crippen LogP contribution >= 0.6 is 0 Å². The van der Waals surface area contributed by atoms with E-state index in [2.05, 4.69) is 154 Å². The maximum atomic E-state index is 6.45. The lowest BCUT2D eigenvalue weighted by atomic mass is 9.77. The van der Waals surface area contributed by atoms with Gasteiger partial charge in [-0.3, -0.25) is 0 Å². The minimum atomic E-state index is -0.424. The SMILES string of the molecule is CC1(C)OB(c2ccc3c(c2)-c2ccccc2-c2ccccc2N3c2ccc(-c3ccccc3)cc2)OC1(C)C. The first-order valence-electron chi connectivity index (χ1n) is 14.0. The van der Waals surface area contributed by atoms with Crippen molar-refractivity contribution in [3.05, 3.63) is 121 Å². The first kappa shape index (κ1) is 24.9. The summed E-state index contributed by atoms with van der Waals surface area (Å²) >= 11 is 0. The third-order valence-electron chi connectivity index (χ3n) is 8.67. The minimum absolute atomic E-state index is 0.398. The van der Waals surface area contributed by atoms with Crippen molar-refractivity contribution in [2.75, 3.05) is 4.90 Å². The molecule has 0 saturated carbocycles. The van der Waals surface area contributed by atoms with Gasteiger partial charge in [0, 0.05) is 16.8 Å². The summed E-state index contributed by atoms with van der Waals surface area (Å²) in [5.74, 6) is 0. The molecule has 0 spiro atoms. The Bertz CT molecular complexity index is 1690. The van der Waals surface area contributed by atoms with Crippen LogP contribution in [0.15, 0.2) is 121 Å². The van der Waals surface area contributed by atoms with Gasteiger partial charge in [0.15, 0.2) is 0 Å². The molecule has 2 heterocycles. The third-order valence-corrected chi connectivity index (χ3v) is 8.67. The van der Waals surface area contributed by atoms with Crippen molar-refractivity contribution < 1.29 is 9.31 Å². The van der Waals surface area contributed by atoms with E-state index >= 15 is 0 Å². The van der Waals surface area contributed by atoms with Crippen LogP contribution in [0.1, 0.15) is 27.7 Å². The monoisotopic (exact) mass is 521 g/mol. The molecule has 0 atom stereocenters. The van der Waals surface area contributed by atoms with E-state index in [1.807, 2.05) is 0 Å². The third kappa shape index (κ3) is 3.99. The molecule has 1 fully saturated rings. The molecule has 0 radical (unpaired) electrons. The van der Waals surface area contributed by atoms with Gasteiger partial charge in [-0.15, -0.1) is 0 Å². The van der Waals surface area contributed by atoms with Gasteiger partial charge < -0.3 is 14.2 Å². The number of para-hydroxylation sites is 1. The smallest absolute Gasteiger partial charge is 0.399 e. The number of hydrogen-bond acceptors (Lipinski definition) is 3. The van der Waals surface area contributed by atoms with Gasteiger partial charge >= 0.3 is 7.12 Å². The summed E-state index contributed by atoms with van der Waals surface area (Å²) in [6, 6.07) is 43.4. The van der Waals surface area contributed by atoms with Gasteiger partial charge in [0.05, 0.1) is 22.6 Å². The molecule has 5 aromatic carbocycles. The highest BCUT2D eigenvalue weighted by atomic mass is 16.7. The lowest BCUT2D eigenvalue weighted by Gasteiger charge is -2.32. The molecule has 0 N–H and O–H groups in total. The Kier molecular flexibility index (Phi) is 5.74. The van der Waals surface area contributed by atoms with Crippen molar-refractivity contribution in [2.45, 2.75) is 38.9 Å². The molecule has 7 rings (SSSR count). The number of nitrogens with zero attached hydrogens (tertiary/aromatic N) is 1. The Morgan fingerprint density at radius 1 is 0.500 bits per heavy atom. The van der Waals surface area contributed by atoms with E-state index in [0.29, 0.717) is 0 Å². The average molecular weight is 521 g/mol. The fourth-order valence-corrected chi connectivity index (χ4v) is 5.78. The fourth-order valence-electron chi connectivity index (χ4n) is 5.78. The van der Waals surface area contributed by atoms with E-state index < -0.39 is 18.3 Å². The molecule has 2 aliphatic heterocycles. The predicted octanol–water partition coefficient (Wildman–Crippen LogP) is 8.77. The summed E-state index contributed by atoms with van der Waals surface area (Å²) < 4.78 is 12.9. The quantitative estimate of drug-likeness (QED) is 0.217. The second-order valence-electron chi connectivity index (χ2n) is 11.7. The van der Waals surface area contributed by atoms with Crippen LogP contribution in [0.2, 0.25) is 0 Å². The van der Waals surface area contributed by atoms with Crippen molar-refractivity contribution >= 4 is 29.6 Å². The number of anilines is 3. The van der Waals surface area contributed by atoms with Crippen LogP contribution in [-0.2, 0) is 9.31 Å². The van der Waals surface area contributed by atoms with Gasteiger partial charge in [0.25, 0.3) is 0 Å². The van der Waals surface area contributed by atoms with E-state index in [-0.39, 0.29) is 0 Å². The van der Waals surface area contributed by atoms with E-state index in [4.69, 9.17) is 9.31 Å². The van der Waals surface area contributed by atoms with Crippen molar-refractivity contribution in [2.24, 2.45) is 0 Å². The molecule has 40 heavy (non-hydrogen) atoms. The molecule has 5 aromatic rings. The number of benzene rings is 5. The molecule has 0 aromatic heterocycles. The van der Waals surface area contributed by atoms with Gasteiger partial charge in [0.2, 0.25) is 0 Å². The minimum Gasteiger partial charge on any atom is -0.399 e. The van der Waals surface area contributed by atoms with E-state index in [9.17, 15) is 0 Å². The van der Waals surface area contributed by atoms with Crippen LogP contribution in [0, 0.1) is 0 Å². The lowest BCUT2D eigenvalue weighted by Crippen LogP contribution is -2.41. The maximum absolute atomic E-state index is 6.45. The summed E-state index contributed by atoms with van der Waals surface area (Å²) in [5, 5.41) is 0. The van der Waals surface area contributed by atoms with Crippen molar-refractivity contribution in [1.29, 1.82) is 0 Å². The largest absolute Gasteiger partial charge is 0.494 e. The standard InChI is InChI=1S/C36H32BNO2/c1-35(2)36(3,4)40-37(39-35)27-20-23-34-32(24-27)30-15-9-8-14-29(30)31-16-10-11-17-33(31)38(34)28-21-18-26(19-22-28)25-12-6-5-7-13-25/h5-24H,1-4H3. The second-order valence-corrected chi connectivity index (χ2v) is 11.7. The first-order chi connectivity index (χ1) is 19.3. The molecule has 196 valence electrons. The molecular formula is C36H32BNO2. The molecule has 0 aliphatic carbocycles. The Morgan fingerprint density at radius 3 is 1.70 bits per heavy atom. The molecule has 4 heteroatoms. The highest BCUT2D eigenvalue weighted by molar-refractivity contribution is 6.62. The summed E-state index contributed by atoms with van der Waals surface area (Å²) in [5.41, 5.74) is 10.8. The van der Waals surface area contributed by atoms with Gasteiger partial charge in [-0.25, -0.2) is 0 Å². The van der Waals surface area contributed by atoms with Gasteiger partial charge in [-0.1, -0.05) is 97.1 Å². The lowest BCUT2D eigenvalue weighted by molar-refractivity contribution is 0.00578. The van der Waals surface area contributed by atoms with Gasteiger partial charge in [-0.2, -0.15) is 0 Å². The predicted molar refractivity (Wildman–Crippen MR) is 167 cm³/mol. The van der Waals surface area contributed by atoms with Crippen LogP contribution < -0.4 is 10.4 Å². The zero-order chi connectivity index (χ0) is 27.5. The van der Waals surface area contributed by atoms with E-state index in [1.54, 1.807) is 0 Å². The highest BCUT2D eigenvalue weighted by Crippen LogP contribution is 2.50. The van der Waals surface area contributed by atoms with Crippen molar-refractivity contribution in [3.63, 3.8) is 0 Å². The van der Waals surface area contributed by atoms with Gasteiger partial charge in [-0.05, 0) is 79.7 Å². The van der Waals surface area contributed by atoms with Gasteiger partial charge in [0.1, 0.15) is 0 Å². The van der Waals surface area contributed by atoms with Crippen LogP contribution in [0.5, 0.6) is 0 Å². The molecule has 2 aliphatic rings. The summed E-state index contributed by atoms with van der Waals surface area (Å²) in [4.78, 5) is 2.38. The molecule has 1 saturated heterocycles. The van der Waals surface area contributed by atoms with E-state index in [0.717, 1.165) is 28.1 Å². The highest BCUT2D eigenvalue weighted by Gasteiger charge is 2.51. The van der Waals surface area contributed by atoms with Crippen LogP contribution in [0.4, 0.5) is 17.1 Å². The van der Waals surface area contributed by atoms with Crippen molar-refractivity contribution in [3.8, 4) is 33.4 Å². The zero-order valence-corrected chi connectivity index (χ0v) is 23.4. The van der Waals surface area contributed by atoms with E-state index in [1.165, 1.54) is 27.8 Å². The first-order valence-corrected chi connectivity index (χ1v) is 14.0. The zero-order valence-electron chi connectivity index (χ0n) is 23.4. The molecule has 0 unspecified atom stereocenters. The average Bonchev–Trinajstić information content (AvgIpc) is 3.13. The Balaban J connectivity index is 1.41. The van der Waals surface area contributed by atoms with Crippen molar-refractivity contribution in [1.82, 2.24) is 0 Å². The van der Waals surface area contributed by atoms with Crippen LogP contribution in [0.3, 0.4) is 0 Å². The summed E-state index contributed by atoms with van der Waals surface area (Å²) in [6.07, 6.45) is 0. The molecule has 0 amide bonds. The fraction of sp³-hybridized carbons (Fsp3) is 0.167. The Hall–Kier alpha value is -4.12. The van der Waals surface area contributed by atoms with Crippen LogP contribution in [-0.4, -0.2) is 18.3 Å². The molecule has 0 bridgehead atoms. The van der Waals surface area contributed by atoms with Crippen LogP contribution in [0.25, 0.3) is 33.4 Å². The second kappa shape index (κ2) is 9.23. The summed E-state index contributed by atoms with van der Waals surface area (Å²) in [6.45, 7) is 8.40. The Labute approximate surface area is 237 Å². The normalized spacial score (nSPS) is 16.6.